The van der Waals surface area contributed by atoms with Crippen LogP contribution >= 0.6 is 0 Å². The number of likely N-dealkylation sites (tertiary alicyclic amines) is 1. The predicted molar refractivity (Wildman–Crippen MR) is 142 cm³/mol. The lowest BCUT2D eigenvalue weighted by Gasteiger charge is -2.40. The molecule has 1 saturated heterocycles. The van der Waals surface area contributed by atoms with Gasteiger partial charge in [-0.1, -0.05) is 51.3 Å². The van der Waals surface area contributed by atoms with E-state index in [9.17, 15) is 19.2 Å². The topological polar surface area (TPSA) is 114 Å². The molecule has 10 nitrogen and oxygen atoms in total. The van der Waals surface area contributed by atoms with Gasteiger partial charge in [-0.05, 0) is 43.4 Å². The Labute approximate surface area is 224 Å². The molecule has 10 heteroatoms. The Hall–Kier alpha value is -3.82. The molecule has 0 radical (unpaired) electrons. The highest BCUT2D eigenvalue weighted by molar-refractivity contribution is 5.93. The molecule has 1 N–H and O–H groups in total. The van der Waals surface area contributed by atoms with E-state index >= 15 is 0 Å². The summed E-state index contributed by atoms with van der Waals surface area (Å²) in [6.45, 7) is 12.6. The molecule has 1 aromatic carbocycles. The highest BCUT2D eigenvalue weighted by Crippen LogP contribution is 2.32. The summed E-state index contributed by atoms with van der Waals surface area (Å²) >= 11 is 0. The van der Waals surface area contributed by atoms with E-state index in [1.54, 1.807) is 19.2 Å². The zero-order chi connectivity index (χ0) is 28.2. The van der Waals surface area contributed by atoms with Gasteiger partial charge in [-0.2, -0.15) is 0 Å². The van der Waals surface area contributed by atoms with E-state index in [2.05, 4.69) is 18.5 Å². The van der Waals surface area contributed by atoms with Gasteiger partial charge in [0.1, 0.15) is 37.6 Å². The summed E-state index contributed by atoms with van der Waals surface area (Å²) in [5.41, 5.74) is 0.750. The number of methoxy groups -OCH3 is 1. The van der Waals surface area contributed by atoms with Gasteiger partial charge in [0.05, 0.1) is 13.2 Å². The first kappa shape index (κ1) is 30.4. The van der Waals surface area contributed by atoms with E-state index in [0.29, 0.717) is 25.1 Å². The number of nitrogens with zero attached hydrogens (tertiary/aromatic N) is 2. The molecule has 0 aliphatic carbocycles. The van der Waals surface area contributed by atoms with Crippen molar-refractivity contribution < 1.29 is 33.4 Å². The van der Waals surface area contributed by atoms with Gasteiger partial charge < -0.3 is 24.4 Å². The third kappa shape index (κ3) is 7.84. The molecule has 1 aliphatic rings. The third-order valence-electron chi connectivity index (χ3n) is 6.31. The van der Waals surface area contributed by atoms with Crippen LogP contribution in [0.1, 0.15) is 45.2 Å². The molecule has 1 aromatic rings. The maximum Gasteiger partial charge on any atom is 0.410 e. The predicted octanol–water partition coefficient (Wildman–Crippen LogP) is 3.24. The quantitative estimate of drug-likeness (QED) is 0.308. The van der Waals surface area contributed by atoms with Crippen molar-refractivity contribution in [3.8, 4) is 5.75 Å². The van der Waals surface area contributed by atoms with Crippen LogP contribution in [0.3, 0.4) is 0 Å². The molecule has 38 heavy (non-hydrogen) atoms. The van der Waals surface area contributed by atoms with E-state index in [1.807, 2.05) is 32.9 Å². The monoisotopic (exact) mass is 529 g/mol. The van der Waals surface area contributed by atoms with Crippen molar-refractivity contribution in [2.24, 2.45) is 5.92 Å². The molecule has 1 fully saturated rings. The third-order valence-corrected chi connectivity index (χ3v) is 6.31. The largest absolute Gasteiger partial charge is 0.497 e. The summed E-state index contributed by atoms with van der Waals surface area (Å²) in [7, 11) is 1.55. The van der Waals surface area contributed by atoms with Gasteiger partial charge >= 0.3 is 12.1 Å². The second kappa shape index (κ2) is 14.8. The molecule has 208 valence electrons. The Morgan fingerprint density at radius 2 is 1.82 bits per heavy atom. The molecular formula is C28H39N3O7. The summed E-state index contributed by atoms with van der Waals surface area (Å²) < 4.78 is 15.5. The smallest absolute Gasteiger partial charge is 0.410 e. The summed E-state index contributed by atoms with van der Waals surface area (Å²) in [4.78, 5) is 55.2. The van der Waals surface area contributed by atoms with Crippen LogP contribution in [0.2, 0.25) is 0 Å². The second-order valence-corrected chi connectivity index (χ2v) is 9.29. The second-order valence-electron chi connectivity index (χ2n) is 9.29. The van der Waals surface area contributed by atoms with Crippen molar-refractivity contribution in [3.05, 3.63) is 55.1 Å². The number of hydrogen-bond acceptors (Lipinski definition) is 7. The number of esters is 1. The Morgan fingerprint density at radius 3 is 2.45 bits per heavy atom. The molecule has 3 atom stereocenters. The molecule has 0 saturated carbocycles. The lowest BCUT2D eigenvalue weighted by atomic mass is 9.95. The van der Waals surface area contributed by atoms with Gasteiger partial charge in [-0.25, -0.2) is 4.79 Å². The first-order valence-electron chi connectivity index (χ1n) is 12.7. The Balaban J connectivity index is 2.44. The molecule has 3 amide bonds. The maximum absolute atomic E-state index is 14.2. The number of carbonyl (C=O) groups is 4. The fourth-order valence-electron chi connectivity index (χ4n) is 4.48. The van der Waals surface area contributed by atoms with E-state index in [4.69, 9.17) is 14.2 Å². The minimum Gasteiger partial charge on any atom is -0.497 e. The van der Waals surface area contributed by atoms with Crippen molar-refractivity contribution in [1.29, 1.82) is 0 Å². The van der Waals surface area contributed by atoms with Crippen LogP contribution in [0.4, 0.5) is 4.79 Å². The number of rotatable bonds is 13. The number of amides is 3. The summed E-state index contributed by atoms with van der Waals surface area (Å²) in [5.74, 6) is -1.22. The van der Waals surface area contributed by atoms with Gasteiger partial charge in [-0.3, -0.25) is 19.3 Å². The summed E-state index contributed by atoms with van der Waals surface area (Å²) in [6, 6.07) is 4.95. The SMILES string of the molecule is C=CCOC(=O)CNC(=O)[C@H](C(C)C)N(C(=O)[C@@H]1CCCN1C(=O)OCC=C)[C@@H](C)c1cccc(OC)c1. The van der Waals surface area contributed by atoms with Gasteiger partial charge in [0.25, 0.3) is 0 Å². The fraction of sp³-hybridized carbons (Fsp3) is 0.500. The minimum atomic E-state index is -0.942. The fourth-order valence-corrected chi connectivity index (χ4v) is 4.48. The molecule has 2 rings (SSSR count). The average molecular weight is 530 g/mol. The molecule has 1 aliphatic heterocycles. The van der Waals surface area contributed by atoms with Crippen LogP contribution in [0.25, 0.3) is 0 Å². The first-order valence-corrected chi connectivity index (χ1v) is 12.7. The highest BCUT2D eigenvalue weighted by atomic mass is 16.6. The van der Waals surface area contributed by atoms with E-state index in [1.165, 1.54) is 22.0 Å². The normalized spacial score (nSPS) is 16.2. The molecular weight excluding hydrogens is 490 g/mol. The van der Waals surface area contributed by atoms with Crippen LogP contribution < -0.4 is 10.1 Å². The number of hydrogen-bond donors (Lipinski definition) is 1. The minimum absolute atomic E-state index is 0.0269. The number of benzene rings is 1. The summed E-state index contributed by atoms with van der Waals surface area (Å²) in [6.07, 6.45) is 3.34. The van der Waals surface area contributed by atoms with Crippen LogP contribution in [-0.2, 0) is 23.9 Å². The van der Waals surface area contributed by atoms with Crippen LogP contribution in [0, 0.1) is 5.92 Å². The maximum atomic E-state index is 14.2. The molecule has 1 heterocycles. The average Bonchev–Trinajstić information content (AvgIpc) is 3.41. The standard InChI is InChI=1S/C28H39N3O7/c1-7-15-37-24(32)18-29-26(33)25(19(3)4)31(20(5)21-11-9-12-22(17-21)36-6)27(34)23-13-10-14-30(23)28(35)38-16-8-2/h7-9,11-12,17,19-20,23,25H,1-2,10,13-16,18H2,3-6H3,(H,29,33)/t20-,23-,25-/m0/s1. The first-order chi connectivity index (χ1) is 18.2. The van der Waals surface area contributed by atoms with Gasteiger partial charge in [-0.15, -0.1) is 0 Å². The van der Waals surface area contributed by atoms with E-state index in [-0.39, 0.29) is 31.6 Å². The summed E-state index contributed by atoms with van der Waals surface area (Å²) in [5, 5.41) is 2.61. The molecule has 0 bridgehead atoms. The van der Waals surface area contributed by atoms with Crippen LogP contribution in [-0.4, -0.2) is 79.2 Å². The molecule has 0 spiro atoms. The van der Waals surface area contributed by atoms with Crippen molar-refractivity contribution in [1.82, 2.24) is 15.1 Å². The Kier molecular flexibility index (Phi) is 11.8. The van der Waals surface area contributed by atoms with Crippen molar-refractivity contribution in [2.45, 2.75) is 51.7 Å². The number of ether oxygens (including phenoxy) is 3. The number of nitrogens with one attached hydrogen (secondary N) is 1. The van der Waals surface area contributed by atoms with E-state index in [0.717, 1.165) is 5.56 Å². The molecule has 0 unspecified atom stereocenters. The van der Waals surface area contributed by atoms with Gasteiger partial charge in [0.2, 0.25) is 11.8 Å². The van der Waals surface area contributed by atoms with Crippen molar-refractivity contribution in [2.75, 3.05) is 33.4 Å². The zero-order valence-corrected chi connectivity index (χ0v) is 22.7. The van der Waals surface area contributed by atoms with Crippen LogP contribution in [0.15, 0.2) is 49.6 Å². The van der Waals surface area contributed by atoms with Crippen LogP contribution in [0.5, 0.6) is 5.75 Å². The Bertz CT molecular complexity index is 1010. The van der Waals surface area contributed by atoms with Crippen molar-refractivity contribution >= 4 is 23.9 Å². The highest BCUT2D eigenvalue weighted by Gasteiger charge is 2.44. The Morgan fingerprint density at radius 1 is 1.13 bits per heavy atom. The van der Waals surface area contributed by atoms with Gasteiger partial charge in [0.15, 0.2) is 0 Å². The molecule has 0 aromatic heterocycles. The lowest BCUT2D eigenvalue weighted by molar-refractivity contribution is -0.149. The number of carbonyl (C=O) groups excluding carboxylic acids is 4. The van der Waals surface area contributed by atoms with Crippen molar-refractivity contribution in [3.63, 3.8) is 0 Å². The van der Waals surface area contributed by atoms with E-state index < -0.39 is 36.1 Å². The lowest BCUT2D eigenvalue weighted by Crippen LogP contribution is -2.58. The van der Waals surface area contributed by atoms with Gasteiger partial charge in [0, 0.05) is 6.54 Å². The zero-order valence-electron chi connectivity index (χ0n) is 22.7.